The van der Waals surface area contributed by atoms with E-state index >= 15 is 0 Å². The molecular weight excluding hydrogens is 358 g/mol. The summed E-state index contributed by atoms with van der Waals surface area (Å²) in [4.78, 5) is 11.8. The Morgan fingerprint density at radius 1 is 0.828 bits per heavy atom. The van der Waals surface area contributed by atoms with Crippen molar-refractivity contribution in [3.8, 4) is 6.01 Å². The minimum Gasteiger partial charge on any atom is -0.460 e. The minimum atomic E-state index is 0.348. The quantitative estimate of drug-likeness (QED) is 0.284. The molecule has 3 rings (SSSR count). The van der Waals surface area contributed by atoms with Crippen LogP contribution < -0.4 is 9.64 Å². The monoisotopic (exact) mass is 401 g/mol. The predicted octanol–water partition coefficient (Wildman–Crippen LogP) is 6.86. The van der Waals surface area contributed by atoms with Gasteiger partial charge in [-0.1, -0.05) is 77.6 Å². The first-order valence-corrected chi connectivity index (χ1v) is 12.6. The minimum absolute atomic E-state index is 0.348. The van der Waals surface area contributed by atoms with Crippen molar-refractivity contribution in [2.24, 2.45) is 0 Å². The van der Waals surface area contributed by atoms with E-state index in [1.807, 2.05) is 0 Å². The zero-order chi connectivity index (χ0) is 20.2. The Bertz CT molecular complexity index is 569. The average molecular weight is 402 g/mol. The number of ether oxygens (including phenoxy) is 1. The number of aryl methyl sites for hydroxylation is 1. The highest BCUT2D eigenvalue weighted by Gasteiger charge is 2.22. The summed E-state index contributed by atoms with van der Waals surface area (Å²) in [6.45, 7) is 4.54. The molecule has 1 aliphatic heterocycles. The van der Waals surface area contributed by atoms with Gasteiger partial charge in [0.1, 0.15) is 11.9 Å². The first-order valence-electron chi connectivity index (χ1n) is 12.6. The Balaban J connectivity index is 1.29. The number of hydrogen-bond acceptors (Lipinski definition) is 4. The highest BCUT2D eigenvalue weighted by Crippen LogP contribution is 2.26. The van der Waals surface area contributed by atoms with Crippen LogP contribution in [-0.2, 0) is 6.42 Å². The second kappa shape index (κ2) is 13.1. The number of rotatable bonds is 16. The first-order chi connectivity index (χ1) is 14.3. The van der Waals surface area contributed by atoms with Gasteiger partial charge in [0.2, 0.25) is 0 Å². The Labute approximate surface area is 178 Å². The van der Waals surface area contributed by atoms with Crippen LogP contribution >= 0.6 is 0 Å². The molecule has 4 nitrogen and oxygen atoms in total. The Kier molecular flexibility index (Phi) is 10.1. The third-order valence-electron chi connectivity index (χ3n) is 6.54. The summed E-state index contributed by atoms with van der Waals surface area (Å²) in [6.07, 6.45) is 23.0. The third-order valence-corrected chi connectivity index (χ3v) is 6.54. The second-order valence-corrected chi connectivity index (χ2v) is 9.15. The molecule has 0 N–H and O–H groups in total. The molecule has 0 spiro atoms. The molecule has 1 aromatic heterocycles. The van der Waals surface area contributed by atoms with E-state index in [0.717, 1.165) is 38.2 Å². The maximum atomic E-state index is 6.01. The molecule has 1 saturated heterocycles. The van der Waals surface area contributed by atoms with Gasteiger partial charge in [-0.15, -0.1) is 0 Å². The molecule has 0 amide bonds. The van der Waals surface area contributed by atoms with Crippen LogP contribution in [0.1, 0.15) is 115 Å². The van der Waals surface area contributed by atoms with Crippen molar-refractivity contribution in [1.82, 2.24) is 9.97 Å². The van der Waals surface area contributed by atoms with E-state index in [1.165, 1.54) is 95.6 Å². The number of anilines is 1. The van der Waals surface area contributed by atoms with E-state index in [-0.39, 0.29) is 0 Å². The topological polar surface area (TPSA) is 38.2 Å². The number of aromatic nitrogens is 2. The van der Waals surface area contributed by atoms with Crippen LogP contribution in [0, 0.1) is 0 Å². The lowest BCUT2D eigenvalue weighted by atomic mass is 9.96. The fourth-order valence-electron chi connectivity index (χ4n) is 4.13. The summed E-state index contributed by atoms with van der Waals surface area (Å²) in [6, 6.07) is 2.82. The van der Waals surface area contributed by atoms with Crippen molar-refractivity contribution in [1.29, 1.82) is 0 Å². The molecule has 0 radical (unpaired) electrons. The number of unbranched alkanes of at least 4 members (excludes halogenated alkanes) is 11. The van der Waals surface area contributed by atoms with Crippen LogP contribution in [0.2, 0.25) is 0 Å². The normalized spacial score (nSPS) is 16.5. The third kappa shape index (κ3) is 8.14. The summed E-state index contributed by atoms with van der Waals surface area (Å²) in [5.41, 5.74) is 1.17. The Morgan fingerprint density at radius 3 is 1.97 bits per heavy atom. The lowest BCUT2D eigenvalue weighted by molar-refractivity contribution is 0.108. The second-order valence-electron chi connectivity index (χ2n) is 9.15. The zero-order valence-electron chi connectivity index (χ0n) is 18.8. The van der Waals surface area contributed by atoms with Gasteiger partial charge in [-0.3, -0.25) is 0 Å². The first kappa shape index (κ1) is 22.4. The maximum Gasteiger partial charge on any atom is 0.318 e. The molecule has 1 aliphatic carbocycles. The van der Waals surface area contributed by atoms with Gasteiger partial charge in [0.05, 0.1) is 0 Å². The molecule has 29 heavy (non-hydrogen) atoms. The molecule has 1 aromatic rings. The fourth-order valence-corrected chi connectivity index (χ4v) is 4.13. The van der Waals surface area contributed by atoms with Gasteiger partial charge in [-0.25, -0.2) is 4.98 Å². The van der Waals surface area contributed by atoms with Gasteiger partial charge in [-0.05, 0) is 38.5 Å². The van der Waals surface area contributed by atoms with E-state index in [0.29, 0.717) is 12.1 Å². The summed E-state index contributed by atoms with van der Waals surface area (Å²) < 4.78 is 6.01. The smallest absolute Gasteiger partial charge is 0.318 e. The molecule has 0 unspecified atom stereocenters. The van der Waals surface area contributed by atoms with Gasteiger partial charge in [-0.2, -0.15) is 4.98 Å². The fraction of sp³-hybridized carbons (Fsp3) is 0.840. The van der Waals surface area contributed by atoms with Crippen LogP contribution in [0.25, 0.3) is 0 Å². The van der Waals surface area contributed by atoms with Gasteiger partial charge < -0.3 is 9.64 Å². The van der Waals surface area contributed by atoms with Crippen molar-refractivity contribution in [2.45, 2.75) is 122 Å². The van der Waals surface area contributed by atoms with E-state index < -0.39 is 0 Å². The van der Waals surface area contributed by atoms with Gasteiger partial charge in [0, 0.05) is 24.8 Å². The van der Waals surface area contributed by atoms with Gasteiger partial charge in [0.25, 0.3) is 0 Å². The SMILES string of the molecule is CCCCCCCCCCCCCCc1cc(N2CCC2)nc(OC2CCC2)n1. The van der Waals surface area contributed by atoms with Crippen LogP contribution in [-0.4, -0.2) is 29.2 Å². The van der Waals surface area contributed by atoms with E-state index in [2.05, 4.69) is 22.9 Å². The standard InChI is InChI=1S/C25H43N3O/c1-2-3-4-5-6-7-8-9-10-11-12-13-16-22-21-24(28-19-15-20-28)27-25(26-22)29-23-17-14-18-23/h21,23H,2-20H2,1H3. The highest BCUT2D eigenvalue weighted by atomic mass is 16.5. The molecule has 164 valence electrons. The van der Waals surface area contributed by atoms with Crippen LogP contribution in [0.3, 0.4) is 0 Å². The Morgan fingerprint density at radius 2 is 1.45 bits per heavy atom. The summed E-state index contributed by atoms with van der Waals surface area (Å²) in [7, 11) is 0. The molecule has 1 saturated carbocycles. The highest BCUT2D eigenvalue weighted by molar-refractivity contribution is 5.43. The summed E-state index contributed by atoms with van der Waals surface area (Å²) in [5.74, 6) is 1.08. The van der Waals surface area contributed by atoms with Crippen LogP contribution in [0.15, 0.2) is 6.07 Å². The number of hydrogen-bond donors (Lipinski definition) is 0. The average Bonchev–Trinajstić information content (AvgIpc) is 2.64. The summed E-state index contributed by atoms with van der Waals surface area (Å²) >= 11 is 0. The molecule has 2 aliphatic rings. The molecular formula is C25H43N3O. The molecule has 0 atom stereocenters. The van der Waals surface area contributed by atoms with Crippen molar-refractivity contribution < 1.29 is 4.74 Å². The maximum absolute atomic E-state index is 6.01. The van der Waals surface area contributed by atoms with Crippen molar-refractivity contribution >= 4 is 5.82 Å². The number of nitrogens with zero attached hydrogens (tertiary/aromatic N) is 3. The van der Waals surface area contributed by atoms with Crippen LogP contribution in [0.4, 0.5) is 5.82 Å². The molecule has 2 fully saturated rings. The van der Waals surface area contributed by atoms with E-state index in [1.54, 1.807) is 0 Å². The Hall–Kier alpha value is -1.32. The largest absolute Gasteiger partial charge is 0.460 e. The van der Waals surface area contributed by atoms with Crippen molar-refractivity contribution in [3.63, 3.8) is 0 Å². The van der Waals surface area contributed by atoms with Crippen molar-refractivity contribution in [2.75, 3.05) is 18.0 Å². The van der Waals surface area contributed by atoms with E-state index in [9.17, 15) is 0 Å². The van der Waals surface area contributed by atoms with E-state index in [4.69, 9.17) is 9.72 Å². The van der Waals surface area contributed by atoms with Crippen LogP contribution in [0.5, 0.6) is 6.01 Å². The van der Waals surface area contributed by atoms with Gasteiger partial charge in [0.15, 0.2) is 0 Å². The van der Waals surface area contributed by atoms with Crippen molar-refractivity contribution in [3.05, 3.63) is 11.8 Å². The lowest BCUT2D eigenvalue weighted by Gasteiger charge is -2.32. The molecule has 4 heteroatoms. The molecule has 0 aromatic carbocycles. The molecule has 2 heterocycles. The lowest BCUT2D eigenvalue weighted by Crippen LogP contribution is -2.38. The predicted molar refractivity (Wildman–Crippen MR) is 122 cm³/mol. The molecule has 0 bridgehead atoms. The van der Waals surface area contributed by atoms with Gasteiger partial charge >= 0.3 is 6.01 Å². The zero-order valence-corrected chi connectivity index (χ0v) is 18.8. The summed E-state index contributed by atoms with van der Waals surface area (Å²) in [5, 5.41) is 0.